The number of rotatable bonds is 9. The Morgan fingerprint density at radius 2 is 0.944 bits per heavy atom. The average Bonchev–Trinajstić information content (AvgIpc) is 2.27. The Kier molecular flexibility index (Phi) is 11.2. The first kappa shape index (κ1) is 20.3. The molecule has 0 spiro atoms. The fourth-order valence-corrected chi connectivity index (χ4v) is 1.92. The molecule has 0 saturated heterocycles. The quantitative estimate of drug-likeness (QED) is 0.235. The average molecular weight is 290 g/mol. The van der Waals surface area contributed by atoms with Crippen molar-refractivity contribution in [3.8, 4) is 0 Å². The molecule has 0 amide bonds. The van der Waals surface area contributed by atoms with Crippen molar-refractivity contribution in [1.82, 2.24) is 0 Å². The van der Waals surface area contributed by atoms with Crippen molar-refractivity contribution in [3.63, 3.8) is 0 Å². The molecule has 0 heterocycles. The maximum Gasteiger partial charge on any atom is 0.126 e. The van der Waals surface area contributed by atoms with Crippen LogP contribution in [0, 0.1) is 0 Å². The summed E-state index contributed by atoms with van der Waals surface area (Å²) in [4.78, 5) is 0. The van der Waals surface area contributed by atoms with Crippen molar-refractivity contribution in [3.05, 3.63) is 0 Å². The summed E-state index contributed by atoms with van der Waals surface area (Å²) in [6.07, 6.45) is -2.93. The first-order valence-electron chi connectivity index (χ1n) is 5.57. The molecule has 0 aromatic carbocycles. The third kappa shape index (κ3) is 8.17. The Morgan fingerprint density at radius 3 is 1.11 bits per heavy atom. The fourth-order valence-electron chi connectivity index (χ4n) is 1.92. The van der Waals surface area contributed by atoms with Gasteiger partial charge in [-0.2, -0.15) is 0 Å². The zero-order valence-electron chi connectivity index (χ0n) is 10.5. The summed E-state index contributed by atoms with van der Waals surface area (Å²) < 4.78 is 0.0468. The Bertz CT molecular complexity index is 178. The highest BCUT2D eigenvalue weighted by Gasteiger charge is 2.30. The third-order valence-electron chi connectivity index (χ3n) is 2.59. The topological polar surface area (TPSA) is 121 Å². The molecule has 0 aliphatic carbocycles. The zero-order valence-corrected chi connectivity index (χ0v) is 11.2. The molecule has 0 aliphatic heterocycles. The van der Waals surface area contributed by atoms with Gasteiger partial charge in [0.15, 0.2) is 0 Å². The number of quaternary nitrogens is 1. The second kappa shape index (κ2) is 9.88. The minimum Gasteiger partial charge on any atom is -1.00 e. The van der Waals surface area contributed by atoms with E-state index in [1.807, 2.05) is 0 Å². The van der Waals surface area contributed by atoms with Crippen molar-refractivity contribution in [2.45, 2.75) is 18.3 Å². The van der Waals surface area contributed by atoms with Gasteiger partial charge in [-0.25, -0.2) is 0 Å². The molecule has 0 aromatic rings. The second-order valence-electron chi connectivity index (χ2n) is 4.68. The van der Waals surface area contributed by atoms with Crippen LogP contribution in [0.25, 0.3) is 0 Å². The van der Waals surface area contributed by atoms with Gasteiger partial charge >= 0.3 is 0 Å². The Hall–Kier alpha value is 0.01000. The molecule has 18 heavy (non-hydrogen) atoms. The monoisotopic (exact) mass is 289 g/mol. The number of likely N-dealkylation sites (N-methyl/N-ethyl adjacent to an activating group) is 1. The minimum atomic E-state index is -0.975. The maximum absolute atomic E-state index is 9.41. The van der Waals surface area contributed by atoms with Gasteiger partial charge in [0.25, 0.3) is 0 Å². The molecular weight excluding hydrogens is 266 g/mol. The van der Waals surface area contributed by atoms with E-state index in [1.54, 1.807) is 7.05 Å². The minimum absolute atomic E-state index is 0. The molecule has 0 aliphatic rings. The van der Waals surface area contributed by atoms with Crippen LogP contribution in [0.2, 0.25) is 0 Å². The summed E-state index contributed by atoms with van der Waals surface area (Å²) in [5.41, 5.74) is 0. The number of hydrogen-bond acceptors (Lipinski definition) is 6. The Labute approximate surface area is 113 Å². The summed E-state index contributed by atoms with van der Waals surface area (Å²) in [7, 11) is 1.66. The van der Waals surface area contributed by atoms with Crippen molar-refractivity contribution in [2.24, 2.45) is 0 Å². The van der Waals surface area contributed by atoms with Gasteiger partial charge < -0.3 is 47.5 Å². The zero-order chi connectivity index (χ0) is 13.5. The summed E-state index contributed by atoms with van der Waals surface area (Å²) in [5, 5.41) is 54.6. The smallest absolute Gasteiger partial charge is 0.126 e. The molecule has 6 N–H and O–H groups in total. The number of aliphatic hydroxyl groups excluding tert-OH is 6. The van der Waals surface area contributed by atoms with E-state index in [-0.39, 0.29) is 36.5 Å². The third-order valence-corrected chi connectivity index (χ3v) is 2.59. The lowest BCUT2D eigenvalue weighted by Gasteiger charge is -2.38. The van der Waals surface area contributed by atoms with Crippen LogP contribution in [0.15, 0.2) is 0 Å². The van der Waals surface area contributed by atoms with E-state index in [1.165, 1.54) is 0 Å². The van der Waals surface area contributed by atoms with E-state index in [4.69, 9.17) is 15.3 Å². The predicted molar refractivity (Wildman–Crippen MR) is 60.1 cm³/mol. The molecular formula is C10H24ClNO6. The number of hydrogen-bond donors (Lipinski definition) is 6. The van der Waals surface area contributed by atoms with Crippen LogP contribution in [0.4, 0.5) is 0 Å². The SMILES string of the molecule is C[N+](CC(O)CO)(CC(O)CO)CC(O)CO.[Cl-]. The molecule has 7 nitrogen and oxygen atoms in total. The molecule has 112 valence electrons. The van der Waals surface area contributed by atoms with Crippen LogP contribution in [0.1, 0.15) is 0 Å². The standard InChI is InChI=1S/C10H24NO6.ClH/c1-11(2-8(15)5-12,3-9(16)6-13)4-10(17)7-14;/h8-10,12-17H,2-7H2,1H3;1H/q+1;/p-1. The van der Waals surface area contributed by atoms with Gasteiger partial charge in [0.1, 0.15) is 37.9 Å². The van der Waals surface area contributed by atoms with Crippen molar-refractivity contribution in [1.29, 1.82) is 0 Å². The summed E-state index contributed by atoms with van der Waals surface area (Å²) in [6.45, 7) is -0.908. The van der Waals surface area contributed by atoms with Crippen LogP contribution in [0.5, 0.6) is 0 Å². The van der Waals surface area contributed by atoms with Crippen molar-refractivity contribution < 1.29 is 47.5 Å². The van der Waals surface area contributed by atoms with E-state index >= 15 is 0 Å². The molecule has 3 unspecified atom stereocenters. The summed E-state index contributed by atoms with van der Waals surface area (Å²) in [6, 6.07) is 0. The first-order chi connectivity index (χ1) is 7.86. The lowest BCUT2D eigenvalue weighted by Crippen LogP contribution is -3.00. The summed E-state index contributed by atoms with van der Waals surface area (Å²) in [5.74, 6) is 0. The van der Waals surface area contributed by atoms with Crippen LogP contribution in [-0.4, -0.2) is 99.9 Å². The fraction of sp³-hybridized carbons (Fsp3) is 1.00. The Balaban J connectivity index is 0. The van der Waals surface area contributed by atoms with Gasteiger partial charge in [-0.1, -0.05) is 0 Å². The maximum atomic E-state index is 9.41. The van der Waals surface area contributed by atoms with Crippen LogP contribution >= 0.6 is 0 Å². The van der Waals surface area contributed by atoms with Crippen LogP contribution < -0.4 is 12.4 Å². The van der Waals surface area contributed by atoms with Crippen LogP contribution in [0.3, 0.4) is 0 Å². The molecule has 0 rings (SSSR count). The number of nitrogens with zero attached hydrogens (tertiary/aromatic N) is 1. The van der Waals surface area contributed by atoms with Gasteiger partial charge in [0, 0.05) is 0 Å². The van der Waals surface area contributed by atoms with Gasteiger partial charge in [-0.3, -0.25) is 0 Å². The van der Waals surface area contributed by atoms with E-state index in [9.17, 15) is 15.3 Å². The van der Waals surface area contributed by atoms with Gasteiger partial charge in [0.05, 0.1) is 26.9 Å². The Morgan fingerprint density at radius 1 is 0.722 bits per heavy atom. The highest BCUT2D eigenvalue weighted by molar-refractivity contribution is 4.60. The first-order valence-corrected chi connectivity index (χ1v) is 5.57. The molecule has 0 saturated carbocycles. The molecule has 0 aromatic heterocycles. The predicted octanol–water partition coefficient (Wildman–Crippen LogP) is -6.50. The normalized spacial score (nSPS) is 19.5. The van der Waals surface area contributed by atoms with Crippen LogP contribution in [-0.2, 0) is 0 Å². The second-order valence-corrected chi connectivity index (χ2v) is 4.68. The molecule has 0 radical (unpaired) electrons. The van der Waals surface area contributed by atoms with Gasteiger partial charge in [0.2, 0.25) is 0 Å². The molecule has 3 atom stereocenters. The van der Waals surface area contributed by atoms with E-state index in [0.717, 1.165) is 0 Å². The summed E-state index contributed by atoms with van der Waals surface area (Å²) >= 11 is 0. The van der Waals surface area contributed by atoms with Crippen molar-refractivity contribution in [2.75, 3.05) is 46.5 Å². The molecule has 0 fully saturated rings. The van der Waals surface area contributed by atoms with Gasteiger partial charge in [-0.05, 0) is 0 Å². The van der Waals surface area contributed by atoms with E-state index in [0.29, 0.717) is 0 Å². The lowest BCUT2D eigenvalue weighted by atomic mass is 10.2. The highest BCUT2D eigenvalue weighted by atomic mass is 35.5. The van der Waals surface area contributed by atoms with Gasteiger partial charge in [-0.15, -0.1) is 0 Å². The van der Waals surface area contributed by atoms with E-state index < -0.39 is 38.1 Å². The van der Waals surface area contributed by atoms with Crippen molar-refractivity contribution >= 4 is 0 Å². The highest BCUT2D eigenvalue weighted by Crippen LogP contribution is 2.08. The number of aliphatic hydroxyl groups is 6. The largest absolute Gasteiger partial charge is 1.00 e. The lowest BCUT2D eigenvalue weighted by molar-refractivity contribution is -0.918. The molecule has 8 heteroatoms. The number of halogens is 1. The van der Waals surface area contributed by atoms with E-state index in [2.05, 4.69) is 0 Å². The molecule has 0 bridgehead atoms.